The number of rotatable bonds is 7. The van der Waals surface area contributed by atoms with E-state index in [1.807, 2.05) is 91.0 Å². The molecule has 5 atom stereocenters. The normalized spacial score (nSPS) is 25.5. The van der Waals surface area contributed by atoms with Crippen LogP contribution in [-0.2, 0) is 14.3 Å². The molecule has 1 spiro atoms. The van der Waals surface area contributed by atoms with Gasteiger partial charge in [-0.1, -0.05) is 101 Å². The third kappa shape index (κ3) is 3.82. The number of aliphatic carboxylic acids is 1. The quantitative estimate of drug-likeness (QED) is 0.320. The second kappa shape index (κ2) is 9.50. The number of fused-ring (bicyclic) bond motifs is 1. The fraction of sp³-hybridized carbons (Fsp3) is 0.233. The molecule has 0 saturated carbocycles. The van der Waals surface area contributed by atoms with Crippen molar-refractivity contribution in [1.82, 2.24) is 25.1 Å². The molecule has 0 unspecified atom stereocenters. The number of hydrogen-bond donors (Lipinski definition) is 1. The lowest BCUT2D eigenvalue weighted by Crippen LogP contribution is -2.40. The number of hydrogen-bond acceptors (Lipinski definition) is 6. The molecule has 3 aliphatic rings. The zero-order valence-electron chi connectivity index (χ0n) is 21.1. The number of ether oxygens (including phenoxy) is 1. The Balaban J connectivity index is 1.38. The van der Waals surface area contributed by atoms with Gasteiger partial charge in [-0.15, -0.1) is 5.10 Å². The molecule has 2 saturated heterocycles. The van der Waals surface area contributed by atoms with E-state index in [4.69, 9.17) is 4.74 Å². The van der Waals surface area contributed by atoms with Crippen molar-refractivity contribution in [2.24, 2.45) is 11.8 Å². The summed E-state index contributed by atoms with van der Waals surface area (Å²) >= 11 is 3.51. The zero-order chi connectivity index (χ0) is 27.4. The summed E-state index contributed by atoms with van der Waals surface area (Å²) in [4.78, 5) is 28.1. The van der Waals surface area contributed by atoms with Crippen LogP contribution >= 0.6 is 15.9 Å². The minimum Gasteiger partial charge on any atom is -0.481 e. The molecular weight excluding hydrogens is 574 g/mol. The molecule has 10 heteroatoms. The second-order valence-electron chi connectivity index (χ2n) is 10.4. The summed E-state index contributed by atoms with van der Waals surface area (Å²) in [5.41, 5.74) is 1.77. The number of aromatic nitrogens is 4. The fourth-order valence-electron chi connectivity index (χ4n) is 6.45. The lowest BCUT2D eigenvalue weighted by molar-refractivity contribution is -0.148. The molecule has 3 aliphatic heterocycles. The van der Waals surface area contributed by atoms with E-state index in [-0.39, 0.29) is 18.5 Å². The molecule has 1 amide bonds. The summed E-state index contributed by atoms with van der Waals surface area (Å²) in [6.07, 6.45) is 3.02. The highest BCUT2D eigenvalue weighted by Gasteiger charge is 2.68. The Morgan fingerprint density at radius 1 is 0.950 bits per heavy atom. The van der Waals surface area contributed by atoms with Gasteiger partial charge in [-0.3, -0.25) is 9.59 Å². The summed E-state index contributed by atoms with van der Waals surface area (Å²) in [5, 5.41) is 23.0. The van der Waals surface area contributed by atoms with Crippen LogP contribution in [0.15, 0.2) is 102 Å². The van der Waals surface area contributed by atoms with Crippen molar-refractivity contribution in [3.05, 3.63) is 124 Å². The number of carbonyl (C=O) groups is 2. The molecule has 0 aliphatic carbocycles. The molecule has 2 fully saturated rings. The van der Waals surface area contributed by atoms with Gasteiger partial charge in [0.15, 0.2) is 5.82 Å². The highest BCUT2D eigenvalue weighted by Crippen LogP contribution is 2.54. The molecule has 1 N–H and O–H groups in total. The first-order chi connectivity index (χ1) is 19.5. The number of carboxylic acid groups (broad SMARTS) is 1. The first-order valence-electron chi connectivity index (χ1n) is 13.0. The van der Waals surface area contributed by atoms with Gasteiger partial charge in [-0.05, 0) is 39.2 Å². The van der Waals surface area contributed by atoms with E-state index in [0.29, 0.717) is 5.82 Å². The van der Waals surface area contributed by atoms with E-state index in [2.05, 4.69) is 31.5 Å². The largest absolute Gasteiger partial charge is 0.481 e. The SMILES string of the molecule is O=C(O)[C@@H]1[C@H]2C=C[C@@]3(CN([C@@H](c4ccc(Br)cc4)c4nnnn4C(c4ccccc4)c4ccccc4)C(=O)[C@@H]13)O2. The highest BCUT2D eigenvalue weighted by molar-refractivity contribution is 9.10. The van der Waals surface area contributed by atoms with Crippen molar-refractivity contribution in [1.29, 1.82) is 0 Å². The van der Waals surface area contributed by atoms with E-state index in [0.717, 1.165) is 21.2 Å². The summed E-state index contributed by atoms with van der Waals surface area (Å²) < 4.78 is 8.83. The van der Waals surface area contributed by atoms with Crippen LogP contribution in [0.3, 0.4) is 0 Å². The molecule has 1 aromatic heterocycles. The smallest absolute Gasteiger partial charge is 0.310 e. The van der Waals surface area contributed by atoms with Crippen molar-refractivity contribution < 1.29 is 19.4 Å². The number of likely N-dealkylation sites (tertiary alicyclic amines) is 1. The molecule has 7 rings (SSSR count). The molecule has 200 valence electrons. The van der Waals surface area contributed by atoms with Gasteiger partial charge in [0.2, 0.25) is 5.91 Å². The van der Waals surface area contributed by atoms with E-state index in [1.54, 1.807) is 15.7 Å². The maximum atomic E-state index is 14.1. The number of tetrazole rings is 1. The number of carbonyl (C=O) groups excluding carboxylic acids is 1. The van der Waals surface area contributed by atoms with Crippen LogP contribution in [0.2, 0.25) is 0 Å². The Hall–Kier alpha value is -4.15. The molecule has 4 heterocycles. The molecule has 0 radical (unpaired) electrons. The van der Waals surface area contributed by atoms with Gasteiger partial charge in [0.1, 0.15) is 23.6 Å². The molecule has 40 heavy (non-hydrogen) atoms. The van der Waals surface area contributed by atoms with Crippen LogP contribution in [-0.4, -0.2) is 60.3 Å². The van der Waals surface area contributed by atoms with Crippen LogP contribution in [0.4, 0.5) is 0 Å². The third-order valence-corrected chi connectivity index (χ3v) is 8.68. The summed E-state index contributed by atoms with van der Waals surface area (Å²) in [6.45, 7) is 0.197. The van der Waals surface area contributed by atoms with Gasteiger partial charge < -0.3 is 14.7 Å². The lowest BCUT2D eigenvalue weighted by atomic mass is 9.77. The molecule has 2 bridgehead atoms. The molecule has 9 nitrogen and oxygen atoms in total. The summed E-state index contributed by atoms with van der Waals surface area (Å²) in [6, 6.07) is 26.5. The van der Waals surface area contributed by atoms with E-state index in [9.17, 15) is 14.7 Å². The Labute approximate surface area is 238 Å². The number of amides is 1. The fourth-order valence-corrected chi connectivity index (χ4v) is 6.72. The van der Waals surface area contributed by atoms with Crippen LogP contribution in [0, 0.1) is 11.8 Å². The Bertz CT molecular complexity index is 1570. The predicted molar refractivity (Wildman–Crippen MR) is 147 cm³/mol. The van der Waals surface area contributed by atoms with Crippen molar-refractivity contribution in [2.75, 3.05) is 6.54 Å². The second-order valence-corrected chi connectivity index (χ2v) is 11.3. The van der Waals surface area contributed by atoms with E-state index < -0.39 is 35.6 Å². The van der Waals surface area contributed by atoms with Crippen LogP contribution in [0.25, 0.3) is 0 Å². The molecular formula is C30H24BrN5O4. The lowest BCUT2D eigenvalue weighted by Gasteiger charge is -2.31. The predicted octanol–water partition coefficient (Wildman–Crippen LogP) is 4.03. The minimum atomic E-state index is -1.03. The van der Waals surface area contributed by atoms with Gasteiger partial charge in [0.25, 0.3) is 0 Å². The van der Waals surface area contributed by atoms with Crippen LogP contribution in [0.5, 0.6) is 0 Å². The van der Waals surface area contributed by atoms with Gasteiger partial charge in [-0.2, -0.15) is 0 Å². The Morgan fingerprint density at radius 3 is 2.20 bits per heavy atom. The highest BCUT2D eigenvalue weighted by atomic mass is 79.9. The van der Waals surface area contributed by atoms with Gasteiger partial charge in [0, 0.05) is 4.47 Å². The van der Waals surface area contributed by atoms with Crippen LogP contribution < -0.4 is 0 Å². The van der Waals surface area contributed by atoms with Crippen molar-refractivity contribution in [3.8, 4) is 0 Å². The van der Waals surface area contributed by atoms with Gasteiger partial charge >= 0.3 is 5.97 Å². The van der Waals surface area contributed by atoms with Crippen LogP contribution in [0.1, 0.15) is 34.6 Å². The van der Waals surface area contributed by atoms with Crippen molar-refractivity contribution in [3.63, 3.8) is 0 Å². The minimum absolute atomic E-state index is 0.197. The van der Waals surface area contributed by atoms with E-state index in [1.165, 1.54) is 0 Å². The first kappa shape index (κ1) is 24.9. The number of halogens is 1. The maximum absolute atomic E-state index is 14.1. The molecule has 3 aromatic carbocycles. The third-order valence-electron chi connectivity index (χ3n) is 8.15. The van der Waals surface area contributed by atoms with Crippen molar-refractivity contribution in [2.45, 2.75) is 23.8 Å². The standard InChI is InChI=1S/C30H24BrN5O4/c31-21-13-11-20(12-14-21)26(35-17-30-16-15-22(40-30)23(29(38)39)24(30)28(35)37)27-32-33-34-36(27)25(18-7-3-1-4-8-18)19-9-5-2-6-10-19/h1-16,22-26H,17H2,(H,38,39)/t22-,23-,24-,26+,30+/m1/s1. The number of benzene rings is 3. The summed E-state index contributed by atoms with van der Waals surface area (Å²) in [5.74, 6) is -2.60. The first-order valence-corrected chi connectivity index (χ1v) is 13.8. The van der Waals surface area contributed by atoms with Gasteiger partial charge in [0.05, 0.1) is 18.6 Å². The average molecular weight is 598 g/mol. The topological polar surface area (TPSA) is 110 Å². The van der Waals surface area contributed by atoms with Gasteiger partial charge in [-0.25, -0.2) is 4.68 Å². The summed E-state index contributed by atoms with van der Waals surface area (Å²) in [7, 11) is 0. The Kier molecular flexibility index (Phi) is 5.90. The van der Waals surface area contributed by atoms with E-state index >= 15 is 0 Å². The monoisotopic (exact) mass is 597 g/mol. The average Bonchev–Trinajstić information content (AvgIpc) is 3.74. The number of nitrogens with zero attached hydrogens (tertiary/aromatic N) is 5. The number of carboxylic acids is 1. The maximum Gasteiger partial charge on any atom is 0.310 e. The zero-order valence-corrected chi connectivity index (χ0v) is 22.7. The Morgan fingerprint density at radius 2 is 1.57 bits per heavy atom. The molecule has 4 aromatic rings. The van der Waals surface area contributed by atoms with Crippen molar-refractivity contribution >= 4 is 27.8 Å².